The lowest BCUT2D eigenvalue weighted by molar-refractivity contribution is 0.0798. The average Bonchev–Trinajstić information content (AvgIpc) is 2.44. The van der Waals surface area contributed by atoms with Gasteiger partial charge in [0.2, 0.25) is 0 Å². The lowest BCUT2D eigenvalue weighted by Crippen LogP contribution is -2.45. The highest BCUT2D eigenvalue weighted by Gasteiger charge is 2.29. The fourth-order valence-electron chi connectivity index (χ4n) is 3.26. The Kier molecular flexibility index (Phi) is 5.65. The van der Waals surface area contributed by atoms with Crippen molar-refractivity contribution < 1.29 is 4.74 Å². The second-order valence-corrected chi connectivity index (χ2v) is 6.72. The molecule has 0 bridgehead atoms. The van der Waals surface area contributed by atoms with Crippen molar-refractivity contribution in [1.82, 2.24) is 4.90 Å². The molecule has 1 heterocycles. The Bertz CT molecular complexity index is 429. The highest BCUT2D eigenvalue weighted by atomic mass is 16.5. The Balaban J connectivity index is 2.12. The maximum absolute atomic E-state index is 6.09. The fraction of sp³-hybridized carbons (Fsp3) is 0.667. The van der Waals surface area contributed by atoms with E-state index in [2.05, 4.69) is 43.0 Å². The summed E-state index contributed by atoms with van der Waals surface area (Å²) >= 11 is 0. The molecule has 1 aliphatic rings. The zero-order valence-electron chi connectivity index (χ0n) is 13.9. The summed E-state index contributed by atoms with van der Waals surface area (Å²) in [6.45, 7) is 10.6. The monoisotopic (exact) mass is 290 g/mol. The van der Waals surface area contributed by atoms with Crippen molar-refractivity contribution in [2.45, 2.75) is 58.7 Å². The van der Waals surface area contributed by atoms with Crippen LogP contribution in [0.2, 0.25) is 0 Å². The second-order valence-electron chi connectivity index (χ2n) is 6.72. The molecule has 2 rings (SSSR count). The van der Waals surface area contributed by atoms with E-state index < -0.39 is 0 Å². The quantitative estimate of drug-likeness (QED) is 0.900. The standard InChI is InChI=1S/C18H30N2O/c1-13(2)21-17-9-7-16(8-10-17)18(11-19)20-12-14(3)5-6-15(20)4/h7-10,13-15,18H,5-6,11-12,19H2,1-4H3. The Morgan fingerprint density at radius 3 is 2.43 bits per heavy atom. The van der Waals surface area contributed by atoms with Gasteiger partial charge in [0.05, 0.1) is 6.10 Å². The van der Waals surface area contributed by atoms with E-state index in [1.807, 2.05) is 13.8 Å². The molecule has 1 aromatic carbocycles. The van der Waals surface area contributed by atoms with E-state index in [0.717, 1.165) is 18.2 Å². The van der Waals surface area contributed by atoms with Crippen LogP contribution in [0.15, 0.2) is 24.3 Å². The molecule has 3 unspecified atom stereocenters. The van der Waals surface area contributed by atoms with Crippen LogP contribution in [0.25, 0.3) is 0 Å². The Labute approximate surface area is 129 Å². The van der Waals surface area contributed by atoms with Crippen LogP contribution in [0, 0.1) is 5.92 Å². The molecule has 0 amide bonds. The zero-order valence-corrected chi connectivity index (χ0v) is 13.9. The summed E-state index contributed by atoms with van der Waals surface area (Å²) in [5.41, 5.74) is 7.39. The molecular weight excluding hydrogens is 260 g/mol. The van der Waals surface area contributed by atoms with Crippen LogP contribution in [0.5, 0.6) is 5.75 Å². The molecular formula is C18H30N2O. The third-order valence-electron chi connectivity index (χ3n) is 4.43. The lowest BCUT2D eigenvalue weighted by Gasteiger charge is -2.42. The zero-order chi connectivity index (χ0) is 15.4. The number of rotatable bonds is 5. The largest absolute Gasteiger partial charge is 0.491 e. The smallest absolute Gasteiger partial charge is 0.119 e. The van der Waals surface area contributed by atoms with Gasteiger partial charge in [-0.1, -0.05) is 19.1 Å². The summed E-state index contributed by atoms with van der Waals surface area (Å²) in [6, 6.07) is 9.39. The van der Waals surface area contributed by atoms with E-state index in [-0.39, 0.29) is 6.10 Å². The molecule has 0 spiro atoms. The van der Waals surface area contributed by atoms with E-state index >= 15 is 0 Å². The van der Waals surface area contributed by atoms with E-state index in [0.29, 0.717) is 18.6 Å². The van der Waals surface area contributed by atoms with Crippen LogP contribution in [-0.2, 0) is 0 Å². The van der Waals surface area contributed by atoms with Crippen LogP contribution >= 0.6 is 0 Å². The number of hydrogen-bond acceptors (Lipinski definition) is 3. The number of nitrogens with zero attached hydrogens (tertiary/aromatic N) is 1. The summed E-state index contributed by atoms with van der Waals surface area (Å²) in [5, 5.41) is 0. The number of hydrogen-bond donors (Lipinski definition) is 1. The number of piperidine rings is 1. The van der Waals surface area contributed by atoms with Gasteiger partial charge in [0.25, 0.3) is 0 Å². The van der Waals surface area contributed by atoms with E-state index in [1.54, 1.807) is 0 Å². The van der Waals surface area contributed by atoms with Crippen LogP contribution in [0.1, 0.15) is 52.1 Å². The fourth-order valence-corrected chi connectivity index (χ4v) is 3.26. The SMILES string of the molecule is CC1CCC(C)N(C(CN)c2ccc(OC(C)C)cc2)C1. The number of ether oxygens (including phenoxy) is 1. The molecule has 1 aliphatic heterocycles. The topological polar surface area (TPSA) is 38.5 Å². The summed E-state index contributed by atoms with van der Waals surface area (Å²) in [5.74, 6) is 1.70. The first kappa shape index (κ1) is 16.3. The normalized spacial score (nSPS) is 25.0. The minimum Gasteiger partial charge on any atom is -0.491 e. The maximum atomic E-state index is 6.09. The Morgan fingerprint density at radius 1 is 1.19 bits per heavy atom. The summed E-state index contributed by atoms with van der Waals surface area (Å²) in [4.78, 5) is 2.58. The van der Waals surface area contributed by atoms with E-state index in [1.165, 1.54) is 18.4 Å². The van der Waals surface area contributed by atoms with Crippen LogP contribution in [-0.4, -0.2) is 30.1 Å². The van der Waals surface area contributed by atoms with Crippen LogP contribution in [0.3, 0.4) is 0 Å². The molecule has 0 aliphatic carbocycles. The van der Waals surface area contributed by atoms with Crippen molar-refractivity contribution >= 4 is 0 Å². The van der Waals surface area contributed by atoms with E-state index in [9.17, 15) is 0 Å². The van der Waals surface area contributed by atoms with Gasteiger partial charge in [-0.3, -0.25) is 4.90 Å². The summed E-state index contributed by atoms with van der Waals surface area (Å²) in [6.07, 6.45) is 2.81. The van der Waals surface area contributed by atoms with Crippen molar-refractivity contribution in [1.29, 1.82) is 0 Å². The van der Waals surface area contributed by atoms with E-state index in [4.69, 9.17) is 10.5 Å². The molecule has 1 fully saturated rings. The van der Waals surface area contributed by atoms with Gasteiger partial charge in [-0.05, 0) is 57.2 Å². The van der Waals surface area contributed by atoms with Gasteiger partial charge in [-0.2, -0.15) is 0 Å². The molecule has 0 saturated carbocycles. The summed E-state index contributed by atoms with van der Waals surface area (Å²) < 4.78 is 5.72. The first-order valence-corrected chi connectivity index (χ1v) is 8.23. The van der Waals surface area contributed by atoms with Crippen molar-refractivity contribution in [3.05, 3.63) is 29.8 Å². The third kappa shape index (κ3) is 4.21. The third-order valence-corrected chi connectivity index (χ3v) is 4.43. The van der Waals surface area contributed by atoms with Crippen LogP contribution in [0.4, 0.5) is 0 Å². The number of nitrogens with two attached hydrogens (primary N) is 1. The van der Waals surface area contributed by atoms with Gasteiger partial charge in [-0.15, -0.1) is 0 Å². The van der Waals surface area contributed by atoms with Gasteiger partial charge in [-0.25, -0.2) is 0 Å². The molecule has 118 valence electrons. The minimum absolute atomic E-state index is 0.212. The molecule has 0 radical (unpaired) electrons. The first-order valence-electron chi connectivity index (χ1n) is 8.23. The van der Waals surface area contributed by atoms with Crippen molar-refractivity contribution in [2.24, 2.45) is 11.7 Å². The highest BCUT2D eigenvalue weighted by molar-refractivity contribution is 5.29. The van der Waals surface area contributed by atoms with Crippen LogP contribution < -0.4 is 10.5 Å². The van der Waals surface area contributed by atoms with Crippen molar-refractivity contribution in [3.8, 4) is 5.75 Å². The molecule has 3 nitrogen and oxygen atoms in total. The predicted octanol–water partition coefficient (Wildman–Crippen LogP) is 3.59. The predicted molar refractivity (Wildman–Crippen MR) is 88.6 cm³/mol. The highest BCUT2D eigenvalue weighted by Crippen LogP contribution is 2.31. The second kappa shape index (κ2) is 7.28. The average molecular weight is 290 g/mol. The molecule has 21 heavy (non-hydrogen) atoms. The van der Waals surface area contributed by atoms with Gasteiger partial charge < -0.3 is 10.5 Å². The maximum Gasteiger partial charge on any atom is 0.119 e. The molecule has 3 heteroatoms. The van der Waals surface area contributed by atoms with Gasteiger partial charge in [0.15, 0.2) is 0 Å². The summed E-state index contributed by atoms with van der Waals surface area (Å²) in [7, 11) is 0. The number of likely N-dealkylation sites (tertiary alicyclic amines) is 1. The molecule has 0 aromatic heterocycles. The van der Waals surface area contributed by atoms with Gasteiger partial charge in [0, 0.05) is 25.2 Å². The van der Waals surface area contributed by atoms with Gasteiger partial charge in [0.1, 0.15) is 5.75 Å². The molecule has 1 saturated heterocycles. The Morgan fingerprint density at radius 2 is 1.86 bits per heavy atom. The first-order chi connectivity index (χ1) is 10.0. The molecule has 2 N–H and O–H groups in total. The van der Waals surface area contributed by atoms with Crippen molar-refractivity contribution in [2.75, 3.05) is 13.1 Å². The Hall–Kier alpha value is -1.06. The molecule has 1 aromatic rings. The van der Waals surface area contributed by atoms with Crippen molar-refractivity contribution in [3.63, 3.8) is 0 Å². The lowest BCUT2D eigenvalue weighted by atomic mass is 9.91. The minimum atomic E-state index is 0.212. The molecule has 3 atom stereocenters. The van der Waals surface area contributed by atoms with Gasteiger partial charge >= 0.3 is 0 Å². The number of benzene rings is 1.